The molecule has 1 rings (SSSR count). The van der Waals surface area contributed by atoms with Gasteiger partial charge in [-0.2, -0.15) is 0 Å². The van der Waals surface area contributed by atoms with E-state index in [1.54, 1.807) is 26.8 Å². The Labute approximate surface area is 192 Å². The highest BCUT2D eigenvalue weighted by Gasteiger charge is 2.13. The van der Waals surface area contributed by atoms with Gasteiger partial charge < -0.3 is 15.3 Å². The van der Waals surface area contributed by atoms with Gasteiger partial charge in [-0.15, -0.1) is 0 Å². The van der Waals surface area contributed by atoms with Crippen LogP contribution in [0.2, 0.25) is 0 Å². The number of allylic oxidation sites excluding steroid dienone is 5. The van der Waals surface area contributed by atoms with Crippen molar-refractivity contribution in [3.05, 3.63) is 58.7 Å². The molecule has 5 nitrogen and oxygen atoms in total. The molecule has 0 radical (unpaired) electrons. The molecule has 1 unspecified atom stereocenters. The first kappa shape index (κ1) is 27.4. The van der Waals surface area contributed by atoms with E-state index >= 15 is 0 Å². The van der Waals surface area contributed by atoms with Gasteiger partial charge in [0, 0.05) is 17.9 Å². The summed E-state index contributed by atoms with van der Waals surface area (Å²) < 4.78 is 0. The van der Waals surface area contributed by atoms with E-state index in [1.165, 1.54) is 24.3 Å². The summed E-state index contributed by atoms with van der Waals surface area (Å²) in [6, 6.07) is 3.04. The molecule has 0 bridgehead atoms. The highest BCUT2D eigenvalue weighted by Crippen LogP contribution is 2.28. The van der Waals surface area contributed by atoms with Gasteiger partial charge in [0.15, 0.2) is 11.6 Å². The van der Waals surface area contributed by atoms with Crippen molar-refractivity contribution in [2.75, 3.05) is 0 Å². The van der Waals surface area contributed by atoms with Gasteiger partial charge in [-0.3, -0.25) is 9.59 Å². The van der Waals surface area contributed by atoms with Crippen LogP contribution < -0.4 is 0 Å². The van der Waals surface area contributed by atoms with Gasteiger partial charge in [0.2, 0.25) is 0 Å². The van der Waals surface area contributed by atoms with Crippen LogP contribution in [0.5, 0.6) is 11.5 Å². The molecule has 0 aliphatic rings. The van der Waals surface area contributed by atoms with Crippen molar-refractivity contribution in [3.8, 4) is 11.5 Å². The largest absolute Gasteiger partial charge is 0.508 e. The zero-order valence-corrected chi connectivity index (χ0v) is 20.2. The molecule has 3 N–H and O–H groups in total. The Morgan fingerprint density at radius 1 is 1.12 bits per heavy atom. The summed E-state index contributed by atoms with van der Waals surface area (Å²) in [5.41, 5.74) is 2.13. The van der Waals surface area contributed by atoms with Crippen molar-refractivity contribution in [2.24, 2.45) is 5.92 Å². The Morgan fingerprint density at radius 3 is 2.41 bits per heavy atom. The monoisotopic (exact) mass is 442 g/mol. The van der Waals surface area contributed by atoms with Crippen LogP contribution in [0.15, 0.2) is 47.6 Å². The predicted octanol–water partition coefficient (Wildman–Crippen LogP) is 5.50. The highest BCUT2D eigenvalue weighted by molar-refractivity contribution is 5.92. The van der Waals surface area contributed by atoms with Crippen molar-refractivity contribution in [3.63, 3.8) is 0 Å². The molecule has 0 spiro atoms. The molecule has 0 saturated carbocycles. The standard InChI is InChI=1S/C27H38O5/c1-18(8-7-9-20(3)25(30)12-13-27(5,6)32)14-23(28)15-19(2)10-11-22-17-24(29)16-21(4)26(22)31/h10,12-14,16-17,20,29,31-32H,7-9,11,15H2,1-6H3/b13-12+,18-14-,19-10+. The van der Waals surface area contributed by atoms with E-state index in [0.717, 1.165) is 30.4 Å². The third-order valence-electron chi connectivity index (χ3n) is 5.24. The third-order valence-corrected chi connectivity index (χ3v) is 5.24. The molecule has 176 valence electrons. The zero-order valence-electron chi connectivity index (χ0n) is 20.2. The minimum absolute atomic E-state index is 0.00133. The van der Waals surface area contributed by atoms with Crippen LogP contribution >= 0.6 is 0 Å². The fourth-order valence-electron chi connectivity index (χ4n) is 3.30. The number of hydrogen-bond acceptors (Lipinski definition) is 5. The van der Waals surface area contributed by atoms with E-state index in [0.29, 0.717) is 24.0 Å². The average molecular weight is 443 g/mol. The van der Waals surface area contributed by atoms with Gasteiger partial charge in [-0.05, 0) is 90.2 Å². The summed E-state index contributed by atoms with van der Waals surface area (Å²) in [7, 11) is 0. The first-order valence-electron chi connectivity index (χ1n) is 11.1. The molecular weight excluding hydrogens is 404 g/mol. The molecule has 0 saturated heterocycles. The number of hydrogen-bond donors (Lipinski definition) is 3. The number of rotatable bonds is 12. The first-order valence-corrected chi connectivity index (χ1v) is 11.1. The van der Waals surface area contributed by atoms with Crippen LogP contribution in [0.25, 0.3) is 0 Å². The number of benzene rings is 1. The lowest BCUT2D eigenvalue weighted by molar-refractivity contribution is -0.118. The second-order valence-electron chi connectivity index (χ2n) is 9.34. The van der Waals surface area contributed by atoms with Crippen LogP contribution in [0.3, 0.4) is 0 Å². The quantitative estimate of drug-likeness (QED) is 0.226. The lowest BCUT2D eigenvalue weighted by Gasteiger charge is -2.12. The number of aliphatic hydroxyl groups is 1. The van der Waals surface area contributed by atoms with E-state index in [2.05, 4.69) is 0 Å². The summed E-state index contributed by atoms with van der Waals surface area (Å²) >= 11 is 0. The van der Waals surface area contributed by atoms with E-state index in [-0.39, 0.29) is 29.0 Å². The van der Waals surface area contributed by atoms with Crippen LogP contribution in [0.1, 0.15) is 71.4 Å². The molecule has 0 heterocycles. The predicted molar refractivity (Wildman–Crippen MR) is 129 cm³/mol. The van der Waals surface area contributed by atoms with E-state index in [4.69, 9.17) is 0 Å². The number of aromatic hydroxyl groups is 2. The van der Waals surface area contributed by atoms with Crippen molar-refractivity contribution >= 4 is 11.6 Å². The number of ketones is 2. The Bertz CT molecular complexity index is 897. The molecule has 0 fully saturated rings. The second kappa shape index (κ2) is 12.4. The molecule has 1 aromatic carbocycles. The van der Waals surface area contributed by atoms with E-state index in [9.17, 15) is 24.9 Å². The van der Waals surface area contributed by atoms with Crippen LogP contribution in [0.4, 0.5) is 0 Å². The zero-order chi connectivity index (χ0) is 24.5. The van der Waals surface area contributed by atoms with Gasteiger partial charge in [0.25, 0.3) is 0 Å². The summed E-state index contributed by atoms with van der Waals surface area (Å²) in [5.74, 6) is 0.167. The first-order chi connectivity index (χ1) is 14.8. The SMILES string of the molecule is C/C(=C/C(=O)C/C(C)=C/Cc1cc(O)cc(C)c1O)CCCC(C)C(=O)/C=C/C(C)(C)O. The molecule has 32 heavy (non-hydrogen) atoms. The van der Waals surface area contributed by atoms with Crippen molar-refractivity contribution < 1.29 is 24.9 Å². The molecule has 0 aliphatic carbocycles. The summed E-state index contributed by atoms with van der Waals surface area (Å²) in [6.45, 7) is 10.7. The second-order valence-corrected chi connectivity index (χ2v) is 9.34. The maximum atomic E-state index is 12.3. The molecule has 0 amide bonds. The Kier molecular flexibility index (Phi) is 10.6. The van der Waals surface area contributed by atoms with E-state index < -0.39 is 5.60 Å². The minimum atomic E-state index is -0.996. The summed E-state index contributed by atoms with van der Waals surface area (Å²) in [4.78, 5) is 24.4. The third kappa shape index (κ3) is 10.6. The molecule has 1 aromatic rings. The molecular formula is C27H38O5. The number of carbonyl (C=O) groups excluding carboxylic acids is 2. The Morgan fingerprint density at radius 2 is 1.78 bits per heavy atom. The van der Waals surface area contributed by atoms with Crippen molar-refractivity contribution in [1.82, 2.24) is 0 Å². The lowest BCUT2D eigenvalue weighted by Crippen LogP contribution is -2.16. The topological polar surface area (TPSA) is 94.8 Å². The van der Waals surface area contributed by atoms with Crippen molar-refractivity contribution in [2.45, 2.75) is 79.2 Å². The highest BCUT2D eigenvalue weighted by atomic mass is 16.3. The van der Waals surface area contributed by atoms with Gasteiger partial charge in [0.05, 0.1) is 5.60 Å². The number of aryl methyl sites for hydroxylation is 1. The van der Waals surface area contributed by atoms with Crippen LogP contribution in [0, 0.1) is 12.8 Å². The summed E-state index contributed by atoms with van der Waals surface area (Å²) in [5, 5.41) is 29.5. The maximum Gasteiger partial charge on any atom is 0.159 e. The normalized spacial score (nSPS) is 14.1. The maximum absolute atomic E-state index is 12.3. The molecule has 0 aromatic heterocycles. The molecule has 5 heteroatoms. The molecule has 0 aliphatic heterocycles. The van der Waals surface area contributed by atoms with Gasteiger partial charge in [0.1, 0.15) is 11.5 Å². The van der Waals surface area contributed by atoms with Gasteiger partial charge in [-0.1, -0.05) is 30.2 Å². The number of carbonyl (C=O) groups is 2. The smallest absolute Gasteiger partial charge is 0.159 e. The van der Waals surface area contributed by atoms with Gasteiger partial charge >= 0.3 is 0 Å². The Balaban J connectivity index is 2.51. The van der Waals surface area contributed by atoms with Gasteiger partial charge in [-0.25, -0.2) is 0 Å². The number of phenolic OH excluding ortho intramolecular Hbond substituents is 2. The summed E-state index contributed by atoms with van der Waals surface area (Å²) in [6.07, 6.45) is 9.53. The Hall–Kier alpha value is -2.66. The van der Waals surface area contributed by atoms with Crippen molar-refractivity contribution in [1.29, 1.82) is 0 Å². The van der Waals surface area contributed by atoms with E-state index in [1.807, 2.05) is 26.8 Å². The molecule has 1 atom stereocenters. The van der Waals surface area contributed by atoms with Crippen LogP contribution in [-0.4, -0.2) is 32.5 Å². The number of phenols is 2. The van der Waals surface area contributed by atoms with Crippen LogP contribution in [-0.2, 0) is 16.0 Å². The lowest BCUT2D eigenvalue weighted by atomic mass is 9.96. The fourth-order valence-corrected chi connectivity index (χ4v) is 3.30. The minimum Gasteiger partial charge on any atom is -0.508 e. The fraction of sp³-hybridized carbons (Fsp3) is 0.481. The average Bonchev–Trinajstić information content (AvgIpc) is 2.66.